The molecule has 0 radical (unpaired) electrons. The van der Waals surface area contributed by atoms with E-state index >= 15 is 0 Å². The van der Waals surface area contributed by atoms with Gasteiger partial charge in [-0.1, -0.05) is 31.6 Å². The van der Waals surface area contributed by atoms with E-state index in [0.717, 1.165) is 12.3 Å². The first-order chi connectivity index (χ1) is 5.13. The van der Waals surface area contributed by atoms with Gasteiger partial charge < -0.3 is 0 Å². The Morgan fingerprint density at radius 2 is 2.00 bits per heavy atom. The lowest BCUT2D eigenvalue weighted by atomic mass is 9.87. The molecule has 0 N–H and O–H groups in total. The quantitative estimate of drug-likeness (QED) is 0.537. The minimum atomic E-state index is 0.693. The molecule has 0 saturated carbocycles. The third-order valence-corrected chi connectivity index (χ3v) is 2.57. The summed E-state index contributed by atoms with van der Waals surface area (Å²) in [6, 6.07) is 0. The van der Waals surface area contributed by atoms with Gasteiger partial charge in [-0.2, -0.15) is 0 Å². The van der Waals surface area contributed by atoms with Gasteiger partial charge in [0.15, 0.2) is 0 Å². The monoisotopic (exact) mass is 152 g/mol. The van der Waals surface area contributed by atoms with Gasteiger partial charge in [0.2, 0.25) is 0 Å². The van der Waals surface area contributed by atoms with Crippen LogP contribution in [-0.2, 0) is 0 Å². The second-order valence-corrected chi connectivity index (χ2v) is 3.32. The molecular weight excluding hydrogens is 132 g/mol. The van der Waals surface area contributed by atoms with Crippen molar-refractivity contribution in [3.05, 3.63) is 24.3 Å². The fourth-order valence-electron chi connectivity index (χ4n) is 1.18. The molecule has 0 heterocycles. The van der Waals surface area contributed by atoms with Gasteiger partial charge >= 0.3 is 0 Å². The van der Waals surface area contributed by atoms with Crippen molar-refractivity contribution in [2.24, 2.45) is 11.8 Å². The van der Waals surface area contributed by atoms with Gasteiger partial charge in [0.05, 0.1) is 0 Å². The largest absolute Gasteiger partial charge is 0.103 e. The lowest BCUT2D eigenvalue weighted by molar-refractivity contribution is 0.445. The maximum atomic E-state index is 3.75. The van der Waals surface area contributed by atoms with Crippen molar-refractivity contribution in [1.82, 2.24) is 0 Å². The standard InChI is InChI=1S/C11H20/c1-6-8-10(4)11(5)9(3)7-2/h6-7,10-11H,1,8H2,2-5H3. The zero-order valence-electron chi connectivity index (χ0n) is 8.22. The van der Waals surface area contributed by atoms with E-state index in [1.165, 1.54) is 5.57 Å². The number of rotatable bonds is 4. The van der Waals surface area contributed by atoms with Crippen molar-refractivity contribution < 1.29 is 0 Å². The lowest BCUT2D eigenvalue weighted by Gasteiger charge is -2.18. The van der Waals surface area contributed by atoms with Crippen LogP contribution in [0.4, 0.5) is 0 Å². The Morgan fingerprint density at radius 1 is 1.45 bits per heavy atom. The Morgan fingerprint density at radius 3 is 2.36 bits per heavy atom. The van der Waals surface area contributed by atoms with E-state index in [2.05, 4.69) is 40.3 Å². The van der Waals surface area contributed by atoms with Gasteiger partial charge in [-0.15, -0.1) is 6.58 Å². The molecule has 0 nitrogen and oxygen atoms in total. The summed E-state index contributed by atoms with van der Waals surface area (Å²) in [6.07, 6.45) is 5.32. The molecule has 0 bridgehead atoms. The molecule has 2 atom stereocenters. The van der Waals surface area contributed by atoms with Crippen molar-refractivity contribution in [2.75, 3.05) is 0 Å². The van der Waals surface area contributed by atoms with E-state index in [-0.39, 0.29) is 0 Å². The minimum Gasteiger partial charge on any atom is -0.103 e. The van der Waals surface area contributed by atoms with Crippen molar-refractivity contribution in [3.8, 4) is 0 Å². The molecule has 0 aromatic heterocycles. The normalized spacial score (nSPS) is 17.6. The van der Waals surface area contributed by atoms with Crippen LogP contribution in [0.5, 0.6) is 0 Å². The summed E-state index contributed by atoms with van der Waals surface area (Å²) in [6.45, 7) is 12.6. The second-order valence-electron chi connectivity index (χ2n) is 3.32. The first-order valence-corrected chi connectivity index (χ1v) is 4.37. The fourth-order valence-corrected chi connectivity index (χ4v) is 1.18. The Labute approximate surface area is 71.0 Å². The lowest BCUT2D eigenvalue weighted by Crippen LogP contribution is -2.07. The Kier molecular flexibility index (Phi) is 4.93. The molecule has 0 aliphatic rings. The Balaban J connectivity index is 4.00. The van der Waals surface area contributed by atoms with Crippen molar-refractivity contribution >= 4 is 0 Å². The summed E-state index contributed by atoms with van der Waals surface area (Å²) in [5.41, 5.74) is 1.49. The van der Waals surface area contributed by atoms with Crippen LogP contribution in [0, 0.1) is 11.8 Å². The van der Waals surface area contributed by atoms with Crippen LogP contribution >= 0.6 is 0 Å². The van der Waals surface area contributed by atoms with E-state index < -0.39 is 0 Å². The molecule has 0 heteroatoms. The molecule has 11 heavy (non-hydrogen) atoms. The summed E-state index contributed by atoms with van der Waals surface area (Å²) in [7, 11) is 0. The van der Waals surface area contributed by atoms with Crippen molar-refractivity contribution in [3.63, 3.8) is 0 Å². The van der Waals surface area contributed by atoms with Crippen LogP contribution in [0.1, 0.15) is 34.1 Å². The van der Waals surface area contributed by atoms with E-state index in [1.54, 1.807) is 0 Å². The number of hydrogen-bond acceptors (Lipinski definition) is 0. The van der Waals surface area contributed by atoms with Crippen molar-refractivity contribution in [2.45, 2.75) is 34.1 Å². The molecule has 0 rings (SSSR count). The molecule has 0 aliphatic heterocycles. The molecule has 0 aromatic carbocycles. The zero-order valence-corrected chi connectivity index (χ0v) is 8.22. The average molecular weight is 152 g/mol. The molecule has 0 spiro atoms. The summed E-state index contributed by atoms with van der Waals surface area (Å²) >= 11 is 0. The van der Waals surface area contributed by atoms with E-state index in [0.29, 0.717) is 5.92 Å². The van der Waals surface area contributed by atoms with Crippen LogP contribution in [0.25, 0.3) is 0 Å². The molecule has 0 fully saturated rings. The van der Waals surface area contributed by atoms with E-state index in [4.69, 9.17) is 0 Å². The maximum absolute atomic E-state index is 3.75. The highest BCUT2D eigenvalue weighted by molar-refractivity contribution is 5.02. The smallest absolute Gasteiger partial charge is 0.0206 e. The summed E-state index contributed by atoms with van der Waals surface area (Å²) in [5, 5.41) is 0. The topological polar surface area (TPSA) is 0 Å². The predicted molar refractivity (Wildman–Crippen MR) is 52.6 cm³/mol. The van der Waals surface area contributed by atoms with Crippen LogP contribution < -0.4 is 0 Å². The molecular formula is C11H20. The highest BCUT2D eigenvalue weighted by Crippen LogP contribution is 2.22. The van der Waals surface area contributed by atoms with Crippen LogP contribution in [0.3, 0.4) is 0 Å². The highest BCUT2D eigenvalue weighted by Gasteiger charge is 2.10. The summed E-state index contributed by atoms with van der Waals surface area (Å²) < 4.78 is 0. The fraction of sp³-hybridized carbons (Fsp3) is 0.636. The Bertz CT molecular complexity index is 142. The molecule has 0 amide bonds. The molecule has 2 unspecified atom stereocenters. The van der Waals surface area contributed by atoms with Gasteiger partial charge in [-0.05, 0) is 32.1 Å². The van der Waals surface area contributed by atoms with Crippen molar-refractivity contribution in [1.29, 1.82) is 0 Å². The van der Waals surface area contributed by atoms with Gasteiger partial charge in [-0.3, -0.25) is 0 Å². The minimum absolute atomic E-state index is 0.693. The maximum Gasteiger partial charge on any atom is -0.0206 e. The summed E-state index contributed by atoms with van der Waals surface area (Å²) in [4.78, 5) is 0. The van der Waals surface area contributed by atoms with Crippen LogP contribution in [0.15, 0.2) is 24.3 Å². The third kappa shape index (κ3) is 3.41. The third-order valence-electron chi connectivity index (χ3n) is 2.57. The molecule has 0 aromatic rings. The SMILES string of the molecule is C=CCC(C)C(C)C(C)=CC. The van der Waals surface area contributed by atoms with Crippen LogP contribution in [-0.4, -0.2) is 0 Å². The predicted octanol–water partition coefficient (Wildman–Crippen LogP) is 3.80. The highest BCUT2D eigenvalue weighted by atomic mass is 14.2. The Hall–Kier alpha value is -0.520. The number of hydrogen-bond donors (Lipinski definition) is 0. The van der Waals surface area contributed by atoms with Gasteiger partial charge in [-0.25, -0.2) is 0 Å². The molecule has 0 aliphatic carbocycles. The first-order valence-electron chi connectivity index (χ1n) is 4.37. The van der Waals surface area contributed by atoms with Crippen LogP contribution in [0.2, 0.25) is 0 Å². The van der Waals surface area contributed by atoms with Gasteiger partial charge in [0.25, 0.3) is 0 Å². The molecule has 0 saturated heterocycles. The summed E-state index contributed by atoms with van der Waals surface area (Å²) in [5.74, 6) is 1.42. The van der Waals surface area contributed by atoms with Gasteiger partial charge in [0, 0.05) is 0 Å². The second kappa shape index (κ2) is 5.17. The molecule has 64 valence electrons. The van der Waals surface area contributed by atoms with Gasteiger partial charge in [0.1, 0.15) is 0 Å². The van der Waals surface area contributed by atoms with E-state index in [9.17, 15) is 0 Å². The first kappa shape index (κ1) is 10.5. The number of allylic oxidation sites excluding steroid dienone is 3. The van der Waals surface area contributed by atoms with E-state index in [1.807, 2.05) is 6.08 Å². The zero-order chi connectivity index (χ0) is 8.85. The average Bonchev–Trinajstić information content (AvgIpc) is 2.02.